The normalized spacial score (nSPS) is 18.9. The monoisotopic (exact) mass is 263 g/mol. The van der Waals surface area contributed by atoms with Crippen molar-refractivity contribution in [3.63, 3.8) is 0 Å². The maximum Gasteiger partial charge on any atom is 0.410 e. The maximum atomic E-state index is 12.2. The van der Waals surface area contributed by atoms with Gasteiger partial charge in [-0.2, -0.15) is 0 Å². The number of hydrogen-bond donors (Lipinski definition) is 1. The lowest BCUT2D eigenvalue weighted by atomic mass is 9.93. The Balaban J connectivity index is 2.22. The Kier molecular flexibility index (Phi) is 3.80. The van der Waals surface area contributed by atoms with E-state index >= 15 is 0 Å². The molecule has 4 heteroatoms. The maximum absolute atomic E-state index is 12.2. The molecule has 19 heavy (non-hydrogen) atoms. The molecule has 1 aliphatic heterocycles. The van der Waals surface area contributed by atoms with Gasteiger partial charge in [-0.05, 0) is 38.3 Å². The first kappa shape index (κ1) is 13.9. The van der Waals surface area contributed by atoms with Crippen LogP contribution in [0.4, 0.5) is 4.79 Å². The molecule has 0 radical (unpaired) electrons. The Morgan fingerprint density at radius 1 is 1.42 bits per heavy atom. The third-order valence-corrected chi connectivity index (χ3v) is 3.21. The SMILES string of the molecule is CC(C)(C)OC(=O)N1CCc2ccccc2[C@H]1CO. The van der Waals surface area contributed by atoms with Gasteiger partial charge in [-0.25, -0.2) is 4.79 Å². The largest absolute Gasteiger partial charge is 0.444 e. The highest BCUT2D eigenvalue weighted by Crippen LogP contribution is 2.30. The van der Waals surface area contributed by atoms with Crippen LogP contribution in [0.1, 0.15) is 37.9 Å². The summed E-state index contributed by atoms with van der Waals surface area (Å²) >= 11 is 0. The van der Waals surface area contributed by atoms with Crippen LogP contribution in [0.25, 0.3) is 0 Å². The lowest BCUT2D eigenvalue weighted by Crippen LogP contribution is -2.44. The van der Waals surface area contributed by atoms with E-state index in [-0.39, 0.29) is 18.7 Å². The number of aliphatic hydroxyl groups is 1. The van der Waals surface area contributed by atoms with Crippen LogP contribution in [0.2, 0.25) is 0 Å². The number of carbonyl (C=O) groups is 1. The minimum absolute atomic E-state index is 0.0870. The van der Waals surface area contributed by atoms with Crippen molar-refractivity contribution >= 4 is 6.09 Å². The molecule has 0 aromatic heterocycles. The number of amides is 1. The summed E-state index contributed by atoms with van der Waals surface area (Å²) in [4.78, 5) is 13.8. The van der Waals surface area contributed by atoms with E-state index in [1.165, 1.54) is 5.56 Å². The van der Waals surface area contributed by atoms with Gasteiger partial charge in [-0.3, -0.25) is 4.90 Å². The van der Waals surface area contributed by atoms with Crippen molar-refractivity contribution in [3.05, 3.63) is 35.4 Å². The van der Waals surface area contributed by atoms with E-state index in [1.54, 1.807) is 4.90 Å². The van der Waals surface area contributed by atoms with Gasteiger partial charge in [0, 0.05) is 6.54 Å². The first-order chi connectivity index (χ1) is 8.92. The summed E-state index contributed by atoms with van der Waals surface area (Å²) in [7, 11) is 0. The lowest BCUT2D eigenvalue weighted by molar-refractivity contribution is 0.00695. The van der Waals surface area contributed by atoms with Crippen LogP contribution in [-0.2, 0) is 11.2 Å². The fraction of sp³-hybridized carbons (Fsp3) is 0.533. The summed E-state index contributed by atoms with van der Waals surface area (Å²) in [5.74, 6) is 0. The molecule has 0 unspecified atom stereocenters. The van der Waals surface area contributed by atoms with Crippen molar-refractivity contribution in [2.24, 2.45) is 0 Å². The average Bonchev–Trinajstić information content (AvgIpc) is 2.35. The summed E-state index contributed by atoms with van der Waals surface area (Å²) in [6.45, 7) is 6.03. The predicted molar refractivity (Wildman–Crippen MR) is 72.9 cm³/mol. The molecule has 0 spiro atoms. The molecule has 1 aromatic rings. The minimum atomic E-state index is -0.520. The zero-order chi connectivity index (χ0) is 14.0. The molecule has 0 bridgehead atoms. The van der Waals surface area contributed by atoms with Crippen LogP contribution in [0.5, 0.6) is 0 Å². The summed E-state index contributed by atoms with van der Waals surface area (Å²) in [6, 6.07) is 7.62. The van der Waals surface area contributed by atoms with Gasteiger partial charge in [0.05, 0.1) is 12.6 Å². The zero-order valence-electron chi connectivity index (χ0n) is 11.7. The molecule has 0 fully saturated rings. The van der Waals surface area contributed by atoms with E-state index in [0.717, 1.165) is 12.0 Å². The van der Waals surface area contributed by atoms with Crippen molar-refractivity contribution in [2.75, 3.05) is 13.2 Å². The number of benzene rings is 1. The van der Waals surface area contributed by atoms with E-state index < -0.39 is 5.60 Å². The molecule has 0 aliphatic carbocycles. The van der Waals surface area contributed by atoms with Gasteiger partial charge in [0.15, 0.2) is 0 Å². The quantitative estimate of drug-likeness (QED) is 0.847. The molecule has 1 aliphatic rings. The standard InChI is InChI=1S/C15H21NO3/c1-15(2,3)19-14(18)16-9-8-11-6-4-5-7-12(11)13(16)10-17/h4-7,13,17H,8-10H2,1-3H3/t13-/m1/s1. The fourth-order valence-corrected chi connectivity index (χ4v) is 2.39. The number of aliphatic hydroxyl groups excluding tert-OH is 1. The molecule has 1 heterocycles. The summed E-state index contributed by atoms with van der Waals surface area (Å²) in [6.07, 6.45) is 0.437. The van der Waals surface area contributed by atoms with Crippen LogP contribution >= 0.6 is 0 Å². The van der Waals surface area contributed by atoms with Gasteiger partial charge in [0.25, 0.3) is 0 Å². The number of fused-ring (bicyclic) bond motifs is 1. The Labute approximate surface area is 114 Å². The molecular formula is C15H21NO3. The van der Waals surface area contributed by atoms with Crippen LogP contribution in [0.15, 0.2) is 24.3 Å². The smallest absolute Gasteiger partial charge is 0.410 e. The minimum Gasteiger partial charge on any atom is -0.444 e. The number of hydrogen-bond acceptors (Lipinski definition) is 3. The van der Waals surface area contributed by atoms with E-state index in [4.69, 9.17) is 4.74 Å². The topological polar surface area (TPSA) is 49.8 Å². The van der Waals surface area contributed by atoms with E-state index in [2.05, 4.69) is 0 Å². The second-order valence-corrected chi connectivity index (χ2v) is 5.82. The molecule has 104 valence electrons. The number of nitrogens with zero attached hydrogens (tertiary/aromatic N) is 1. The fourth-order valence-electron chi connectivity index (χ4n) is 2.39. The van der Waals surface area contributed by atoms with Crippen molar-refractivity contribution in [2.45, 2.75) is 38.8 Å². The van der Waals surface area contributed by atoms with Crippen LogP contribution in [0, 0.1) is 0 Å². The Morgan fingerprint density at radius 3 is 2.74 bits per heavy atom. The van der Waals surface area contributed by atoms with Crippen LogP contribution in [0.3, 0.4) is 0 Å². The Hall–Kier alpha value is -1.55. The number of ether oxygens (including phenoxy) is 1. The first-order valence-corrected chi connectivity index (χ1v) is 6.60. The summed E-state index contributed by atoms with van der Waals surface area (Å²) in [5, 5.41) is 9.61. The third-order valence-electron chi connectivity index (χ3n) is 3.21. The molecule has 1 N–H and O–H groups in total. The van der Waals surface area contributed by atoms with Crippen LogP contribution < -0.4 is 0 Å². The molecule has 0 saturated heterocycles. The van der Waals surface area contributed by atoms with Gasteiger partial charge < -0.3 is 9.84 Å². The lowest BCUT2D eigenvalue weighted by Gasteiger charge is -2.37. The van der Waals surface area contributed by atoms with Gasteiger partial charge >= 0.3 is 6.09 Å². The van der Waals surface area contributed by atoms with Crippen molar-refractivity contribution in [1.82, 2.24) is 4.90 Å². The molecule has 1 aromatic carbocycles. The molecule has 1 atom stereocenters. The van der Waals surface area contributed by atoms with E-state index in [0.29, 0.717) is 6.54 Å². The van der Waals surface area contributed by atoms with E-state index in [1.807, 2.05) is 45.0 Å². The zero-order valence-corrected chi connectivity index (χ0v) is 11.7. The van der Waals surface area contributed by atoms with Crippen LogP contribution in [-0.4, -0.2) is 34.9 Å². The van der Waals surface area contributed by atoms with Crippen molar-refractivity contribution in [1.29, 1.82) is 0 Å². The first-order valence-electron chi connectivity index (χ1n) is 6.60. The molecular weight excluding hydrogens is 242 g/mol. The highest BCUT2D eigenvalue weighted by atomic mass is 16.6. The van der Waals surface area contributed by atoms with Gasteiger partial charge in [0.1, 0.15) is 5.60 Å². The van der Waals surface area contributed by atoms with Crippen molar-refractivity contribution < 1.29 is 14.6 Å². The summed E-state index contributed by atoms with van der Waals surface area (Å²) < 4.78 is 5.40. The second-order valence-electron chi connectivity index (χ2n) is 5.82. The molecule has 2 rings (SSSR count). The number of rotatable bonds is 1. The average molecular weight is 263 g/mol. The van der Waals surface area contributed by atoms with Gasteiger partial charge in [-0.1, -0.05) is 24.3 Å². The Bertz CT molecular complexity index is 465. The van der Waals surface area contributed by atoms with E-state index in [9.17, 15) is 9.90 Å². The molecule has 4 nitrogen and oxygen atoms in total. The Morgan fingerprint density at radius 2 is 2.11 bits per heavy atom. The number of carbonyl (C=O) groups excluding carboxylic acids is 1. The highest BCUT2D eigenvalue weighted by Gasteiger charge is 2.32. The van der Waals surface area contributed by atoms with Crippen molar-refractivity contribution in [3.8, 4) is 0 Å². The highest BCUT2D eigenvalue weighted by molar-refractivity contribution is 5.69. The third kappa shape index (κ3) is 3.07. The second kappa shape index (κ2) is 5.21. The predicted octanol–water partition coefficient (Wildman–Crippen LogP) is 2.51. The molecule has 0 saturated carbocycles. The summed E-state index contributed by atoms with van der Waals surface area (Å²) in [5.41, 5.74) is 1.69. The molecule has 1 amide bonds. The van der Waals surface area contributed by atoms with Gasteiger partial charge in [0.2, 0.25) is 0 Å². The van der Waals surface area contributed by atoms with Gasteiger partial charge in [-0.15, -0.1) is 0 Å².